The number of ketones is 1. The number of hydrogen-bond donors (Lipinski definition) is 1. The zero-order valence-electron chi connectivity index (χ0n) is 6.43. The lowest BCUT2D eigenvalue weighted by molar-refractivity contribution is 0.0982. The quantitative estimate of drug-likeness (QED) is 0.729. The number of halogens is 1. The molecule has 0 bridgehead atoms. The lowest BCUT2D eigenvalue weighted by Crippen LogP contribution is -2.29. The second-order valence-electron chi connectivity index (χ2n) is 2.79. The molecule has 0 unspecified atom stereocenters. The monoisotopic (exact) mass is 225 g/mol. The fraction of sp³-hybridized carbons (Fsp3) is 0.222. The van der Waals surface area contributed by atoms with E-state index < -0.39 is 0 Å². The third kappa shape index (κ3) is 1.19. The lowest BCUT2D eigenvalue weighted by atomic mass is 10.0. The minimum Gasteiger partial charge on any atom is -0.306 e. The van der Waals surface area contributed by atoms with E-state index in [1.54, 1.807) is 0 Å². The van der Waals surface area contributed by atoms with Crippen LogP contribution in [0.4, 0.5) is 0 Å². The van der Waals surface area contributed by atoms with Crippen LogP contribution in [0.1, 0.15) is 15.9 Å². The topological polar surface area (TPSA) is 29.1 Å². The molecule has 0 amide bonds. The molecule has 0 spiro atoms. The van der Waals surface area contributed by atoms with E-state index in [2.05, 4.69) is 21.2 Å². The van der Waals surface area contributed by atoms with E-state index >= 15 is 0 Å². The minimum atomic E-state index is 0.178. The van der Waals surface area contributed by atoms with Gasteiger partial charge in [0.25, 0.3) is 0 Å². The fourth-order valence-electron chi connectivity index (χ4n) is 1.40. The number of Topliss-reactive ketones (excluding diaryl/α,β-unsaturated/α-hetero) is 1. The van der Waals surface area contributed by atoms with Crippen molar-refractivity contribution in [2.75, 3.05) is 6.54 Å². The number of rotatable bonds is 0. The normalized spacial score (nSPS) is 15.9. The van der Waals surface area contributed by atoms with Gasteiger partial charge in [-0.3, -0.25) is 4.79 Å². The van der Waals surface area contributed by atoms with Gasteiger partial charge in [-0.15, -0.1) is 0 Å². The van der Waals surface area contributed by atoms with Gasteiger partial charge in [-0.1, -0.05) is 28.1 Å². The Morgan fingerprint density at radius 2 is 2.17 bits per heavy atom. The van der Waals surface area contributed by atoms with Crippen LogP contribution >= 0.6 is 15.9 Å². The number of nitrogens with one attached hydrogen (secondary N) is 1. The van der Waals surface area contributed by atoms with Crippen molar-refractivity contribution in [2.24, 2.45) is 0 Å². The molecule has 2 nitrogen and oxygen atoms in total. The molecule has 3 heteroatoms. The van der Waals surface area contributed by atoms with Gasteiger partial charge in [0.2, 0.25) is 0 Å². The molecule has 1 aliphatic rings. The number of fused-ring (bicyclic) bond motifs is 1. The summed E-state index contributed by atoms with van der Waals surface area (Å²) in [5.74, 6) is 0.178. The first-order valence-electron chi connectivity index (χ1n) is 3.80. The van der Waals surface area contributed by atoms with Crippen LogP contribution in [0.3, 0.4) is 0 Å². The summed E-state index contributed by atoms with van der Waals surface area (Å²) >= 11 is 3.42. The van der Waals surface area contributed by atoms with Crippen LogP contribution in [0.2, 0.25) is 0 Å². The number of carbonyl (C=O) groups is 1. The molecule has 1 heterocycles. The molecule has 0 saturated carbocycles. The summed E-state index contributed by atoms with van der Waals surface area (Å²) in [7, 11) is 0. The molecular weight excluding hydrogens is 218 g/mol. The summed E-state index contributed by atoms with van der Waals surface area (Å²) in [6.45, 7) is 1.24. The van der Waals surface area contributed by atoms with Crippen LogP contribution in [0, 0.1) is 0 Å². The van der Waals surface area contributed by atoms with E-state index in [1.807, 2.05) is 18.2 Å². The third-order valence-corrected chi connectivity index (χ3v) is 2.75. The summed E-state index contributed by atoms with van der Waals surface area (Å²) in [5, 5.41) is 3.05. The minimum absolute atomic E-state index is 0.178. The highest BCUT2D eigenvalue weighted by molar-refractivity contribution is 9.10. The Morgan fingerprint density at radius 3 is 2.92 bits per heavy atom. The van der Waals surface area contributed by atoms with Gasteiger partial charge in [0, 0.05) is 16.6 Å². The second kappa shape index (κ2) is 2.99. The van der Waals surface area contributed by atoms with Crippen LogP contribution < -0.4 is 5.32 Å². The first-order chi connectivity index (χ1) is 5.79. The molecule has 0 radical (unpaired) electrons. The Hall–Kier alpha value is -0.670. The van der Waals surface area contributed by atoms with E-state index in [0.717, 1.165) is 22.1 Å². The molecular formula is C9H8BrNO. The largest absolute Gasteiger partial charge is 0.306 e. The van der Waals surface area contributed by atoms with Crippen LogP contribution in [-0.2, 0) is 6.54 Å². The zero-order valence-corrected chi connectivity index (χ0v) is 8.02. The van der Waals surface area contributed by atoms with Gasteiger partial charge in [0.05, 0.1) is 6.54 Å². The summed E-state index contributed by atoms with van der Waals surface area (Å²) in [4.78, 5) is 11.4. The molecule has 0 fully saturated rings. The molecule has 0 atom stereocenters. The predicted molar refractivity (Wildman–Crippen MR) is 50.2 cm³/mol. The van der Waals surface area contributed by atoms with Crippen molar-refractivity contribution >= 4 is 21.7 Å². The average molecular weight is 226 g/mol. The second-order valence-corrected chi connectivity index (χ2v) is 3.65. The Morgan fingerprint density at radius 1 is 1.33 bits per heavy atom. The predicted octanol–water partition coefficient (Wildman–Crippen LogP) is 1.73. The molecule has 62 valence electrons. The van der Waals surface area contributed by atoms with Crippen LogP contribution in [0.25, 0.3) is 0 Å². The van der Waals surface area contributed by atoms with E-state index in [-0.39, 0.29) is 5.78 Å². The van der Waals surface area contributed by atoms with Gasteiger partial charge in [-0.2, -0.15) is 0 Å². The lowest BCUT2D eigenvalue weighted by Gasteiger charge is -2.16. The third-order valence-electron chi connectivity index (χ3n) is 2.01. The van der Waals surface area contributed by atoms with E-state index in [0.29, 0.717) is 6.54 Å². The Bertz CT molecular complexity index is 335. The van der Waals surface area contributed by atoms with Gasteiger partial charge < -0.3 is 5.32 Å². The van der Waals surface area contributed by atoms with Crippen LogP contribution in [-0.4, -0.2) is 12.3 Å². The smallest absolute Gasteiger partial charge is 0.176 e. The molecule has 12 heavy (non-hydrogen) atoms. The summed E-state index contributed by atoms with van der Waals surface area (Å²) in [6, 6.07) is 5.73. The SMILES string of the molecule is O=C1CNCc2c(Br)cccc21. The first-order valence-corrected chi connectivity index (χ1v) is 4.59. The average Bonchev–Trinajstić information content (AvgIpc) is 2.07. The summed E-state index contributed by atoms with van der Waals surface area (Å²) in [5.41, 5.74) is 1.93. The highest BCUT2D eigenvalue weighted by atomic mass is 79.9. The summed E-state index contributed by atoms with van der Waals surface area (Å²) < 4.78 is 1.01. The molecule has 1 N–H and O–H groups in total. The van der Waals surface area contributed by atoms with Gasteiger partial charge in [0.15, 0.2) is 5.78 Å². The van der Waals surface area contributed by atoms with Crippen molar-refractivity contribution in [1.82, 2.24) is 5.32 Å². The fourth-order valence-corrected chi connectivity index (χ4v) is 1.90. The first kappa shape index (κ1) is 7.95. The number of benzene rings is 1. The maximum absolute atomic E-state index is 11.4. The van der Waals surface area contributed by atoms with Crippen molar-refractivity contribution in [3.8, 4) is 0 Å². The molecule has 1 aromatic rings. The van der Waals surface area contributed by atoms with Gasteiger partial charge >= 0.3 is 0 Å². The highest BCUT2D eigenvalue weighted by Gasteiger charge is 2.17. The van der Waals surface area contributed by atoms with E-state index in [9.17, 15) is 4.79 Å². The van der Waals surface area contributed by atoms with Gasteiger partial charge in [-0.05, 0) is 11.6 Å². The van der Waals surface area contributed by atoms with Gasteiger partial charge in [0.1, 0.15) is 0 Å². The molecule has 2 rings (SSSR count). The van der Waals surface area contributed by atoms with Crippen molar-refractivity contribution in [2.45, 2.75) is 6.54 Å². The van der Waals surface area contributed by atoms with Crippen molar-refractivity contribution in [3.63, 3.8) is 0 Å². The molecule has 1 aromatic carbocycles. The van der Waals surface area contributed by atoms with Gasteiger partial charge in [-0.25, -0.2) is 0 Å². The van der Waals surface area contributed by atoms with Crippen molar-refractivity contribution in [1.29, 1.82) is 0 Å². The molecule has 0 aromatic heterocycles. The van der Waals surface area contributed by atoms with Crippen molar-refractivity contribution < 1.29 is 4.79 Å². The molecule has 1 aliphatic heterocycles. The number of carbonyl (C=O) groups excluding carboxylic acids is 1. The van der Waals surface area contributed by atoms with Crippen LogP contribution in [0.5, 0.6) is 0 Å². The summed E-state index contributed by atoms with van der Waals surface area (Å²) in [6.07, 6.45) is 0. The Labute approximate surface area is 79.1 Å². The molecule has 0 aliphatic carbocycles. The standard InChI is InChI=1S/C9H8BrNO/c10-8-3-1-2-6-7(8)4-11-5-9(6)12/h1-3,11H,4-5H2. The molecule has 0 saturated heterocycles. The maximum atomic E-state index is 11.4. The highest BCUT2D eigenvalue weighted by Crippen LogP contribution is 2.22. The Kier molecular flexibility index (Phi) is 1.98. The van der Waals surface area contributed by atoms with E-state index in [1.165, 1.54) is 0 Å². The van der Waals surface area contributed by atoms with Crippen molar-refractivity contribution in [3.05, 3.63) is 33.8 Å². The number of hydrogen-bond acceptors (Lipinski definition) is 2. The maximum Gasteiger partial charge on any atom is 0.176 e. The Balaban J connectivity index is 2.59. The van der Waals surface area contributed by atoms with E-state index in [4.69, 9.17) is 0 Å². The van der Waals surface area contributed by atoms with Crippen LogP contribution in [0.15, 0.2) is 22.7 Å². The zero-order chi connectivity index (χ0) is 8.55.